The molecule has 0 aromatic heterocycles. The van der Waals surface area contributed by atoms with Crippen LogP contribution in [-0.4, -0.2) is 27.2 Å². The Labute approximate surface area is 104 Å². The first-order chi connectivity index (χ1) is 8.06. The minimum Gasteiger partial charge on any atom is -0.329 e. The van der Waals surface area contributed by atoms with Gasteiger partial charge >= 0.3 is 0 Å². The van der Waals surface area contributed by atoms with Crippen LogP contribution in [0.2, 0.25) is 0 Å². The van der Waals surface area contributed by atoms with E-state index < -0.39 is 16.0 Å². The molecule has 3 atom stereocenters. The molecule has 0 saturated carbocycles. The summed E-state index contributed by atoms with van der Waals surface area (Å²) in [6, 6.07) is 9.12. The predicted octanol–water partition coefficient (Wildman–Crippen LogP) is 1.11. The number of carbonyl (C=O) groups excluding carboxylic acids is 1. The molecule has 0 aliphatic carbocycles. The maximum atomic E-state index is 11.9. The molecule has 17 heavy (non-hydrogen) atoms. The fourth-order valence-corrected chi connectivity index (χ4v) is 2.47. The lowest BCUT2D eigenvalue weighted by atomic mass is 10.3. The van der Waals surface area contributed by atoms with Gasteiger partial charge in [0.25, 0.3) is 0 Å². The second-order valence-corrected chi connectivity index (χ2v) is 6.04. The Kier molecular flexibility index (Phi) is 5.31. The predicted molar refractivity (Wildman–Crippen MR) is 71.2 cm³/mol. The monoisotopic (exact) mass is 254 g/mol. The number of para-hydroxylation sites is 1. The molecule has 0 bridgehead atoms. The van der Waals surface area contributed by atoms with E-state index in [-0.39, 0.29) is 11.2 Å². The number of hydrogen-bond donors (Lipinski definition) is 2. The molecule has 3 unspecified atom stereocenters. The molecular formula is C12H18N2O2S. The Morgan fingerprint density at radius 1 is 1.35 bits per heavy atom. The lowest BCUT2D eigenvalue weighted by Gasteiger charge is -2.15. The Morgan fingerprint density at radius 3 is 2.47 bits per heavy atom. The van der Waals surface area contributed by atoms with Crippen LogP contribution in [0, 0.1) is 0 Å². The molecule has 1 aromatic rings. The Hall–Kier alpha value is -1.20. The van der Waals surface area contributed by atoms with E-state index >= 15 is 0 Å². The molecule has 0 heterocycles. The van der Waals surface area contributed by atoms with E-state index in [1.165, 1.54) is 0 Å². The third kappa shape index (κ3) is 3.94. The zero-order chi connectivity index (χ0) is 12.8. The smallest absolute Gasteiger partial charge is 0.239 e. The van der Waals surface area contributed by atoms with Crippen molar-refractivity contribution in [3.8, 4) is 0 Å². The Morgan fingerprint density at radius 2 is 1.94 bits per heavy atom. The van der Waals surface area contributed by atoms with Crippen LogP contribution < -0.4 is 11.1 Å². The summed E-state index contributed by atoms with van der Waals surface area (Å²) in [5, 5.41) is 1.99. The van der Waals surface area contributed by atoms with E-state index in [4.69, 9.17) is 5.73 Å². The van der Waals surface area contributed by atoms with Gasteiger partial charge in [-0.3, -0.25) is 9.00 Å². The number of nitrogens with one attached hydrogen (secondary N) is 1. The number of nitrogens with two attached hydrogens (primary N) is 1. The maximum absolute atomic E-state index is 11.9. The number of rotatable bonds is 5. The normalized spacial score (nSPS) is 15.9. The second-order valence-electron chi connectivity index (χ2n) is 3.87. The van der Waals surface area contributed by atoms with E-state index in [9.17, 15) is 9.00 Å². The summed E-state index contributed by atoms with van der Waals surface area (Å²) in [5.74, 6) is -0.241. The van der Waals surface area contributed by atoms with E-state index in [1.54, 1.807) is 26.0 Å². The summed E-state index contributed by atoms with van der Waals surface area (Å²) in [4.78, 5) is 11.8. The van der Waals surface area contributed by atoms with Crippen LogP contribution in [-0.2, 0) is 15.6 Å². The number of carbonyl (C=O) groups is 1. The van der Waals surface area contributed by atoms with Crippen molar-refractivity contribution in [1.29, 1.82) is 0 Å². The number of benzene rings is 1. The largest absolute Gasteiger partial charge is 0.329 e. The molecular weight excluding hydrogens is 236 g/mol. The van der Waals surface area contributed by atoms with Crippen LogP contribution in [0.3, 0.4) is 0 Å². The third-order valence-electron chi connectivity index (χ3n) is 2.49. The number of hydrogen-bond acceptors (Lipinski definition) is 3. The summed E-state index contributed by atoms with van der Waals surface area (Å²) >= 11 is 0. The highest BCUT2D eigenvalue weighted by molar-refractivity contribution is 7.87. The van der Waals surface area contributed by atoms with Gasteiger partial charge in [-0.1, -0.05) is 18.2 Å². The van der Waals surface area contributed by atoms with Crippen molar-refractivity contribution in [2.24, 2.45) is 5.73 Å². The first-order valence-corrected chi connectivity index (χ1v) is 6.79. The summed E-state index contributed by atoms with van der Waals surface area (Å²) in [5.41, 5.74) is 6.15. The van der Waals surface area contributed by atoms with Gasteiger partial charge in [0.2, 0.25) is 5.91 Å². The van der Waals surface area contributed by atoms with Crippen LogP contribution in [0.25, 0.3) is 0 Å². The van der Waals surface area contributed by atoms with Gasteiger partial charge in [-0.25, -0.2) is 0 Å². The molecule has 5 heteroatoms. The molecule has 3 N–H and O–H groups in total. The molecule has 0 saturated heterocycles. The molecule has 0 fully saturated rings. The molecule has 1 rings (SSSR count). The van der Waals surface area contributed by atoms with E-state index in [0.29, 0.717) is 12.2 Å². The average molecular weight is 254 g/mol. The van der Waals surface area contributed by atoms with Gasteiger partial charge < -0.3 is 11.1 Å². The van der Waals surface area contributed by atoms with Gasteiger partial charge in [-0.2, -0.15) is 0 Å². The standard InChI is InChI=1S/C12H18N2O2S/c1-9(8-13)17(16)10(2)12(15)14-11-6-4-3-5-7-11/h3-7,9-10H,8,13H2,1-2H3,(H,14,15). The fourth-order valence-electron chi connectivity index (χ4n) is 1.31. The second kappa shape index (κ2) is 6.51. The van der Waals surface area contributed by atoms with Crippen LogP contribution in [0.1, 0.15) is 13.8 Å². The van der Waals surface area contributed by atoms with Crippen LogP contribution in [0.15, 0.2) is 30.3 Å². The summed E-state index contributed by atoms with van der Waals surface area (Å²) in [6.45, 7) is 3.75. The highest BCUT2D eigenvalue weighted by Crippen LogP contribution is 2.09. The minimum absolute atomic E-state index is 0.175. The Balaban J connectivity index is 2.62. The summed E-state index contributed by atoms with van der Waals surface area (Å²) < 4.78 is 11.9. The first-order valence-electron chi connectivity index (χ1n) is 5.51. The van der Waals surface area contributed by atoms with Gasteiger partial charge in [0.05, 0.1) is 0 Å². The average Bonchev–Trinajstić information content (AvgIpc) is 2.37. The lowest BCUT2D eigenvalue weighted by molar-refractivity contribution is -0.115. The maximum Gasteiger partial charge on any atom is 0.239 e. The molecule has 4 nitrogen and oxygen atoms in total. The molecule has 0 spiro atoms. The van der Waals surface area contributed by atoms with Gasteiger partial charge in [0, 0.05) is 28.3 Å². The van der Waals surface area contributed by atoms with E-state index in [1.807, 2.05) is 18.2 Å². The van der Waals surface area contributed by atoms with Gasteiger partial charge in [0.15, 0.2) is 0 Å². The van der Waals surface area contributed by atoms with Crippen molar-refractivity contribution in [1.82, 2.24) is 0 Å². The number of amides is 1. The summed E-state index contributed by atoms with van der Waals surface area (Å²) in [7, 11) is -1.25. The highest BCUT2D eigenvalue weighted by Gasteiger charge is 2.23. The zero-order valence-corrected chi connectivity index (χ0v) is 10.9. The molecule has 94 valence electrons. The first kappa shape index (κ1) is 13.9. The molecule has 0 radical (unpaired) electrons. The highest BCUT2D eigenvalue weighted by atomic mass is 32.2. The quantitative estimate of drug-likeness (QED) is 0.826. The molecule has 1 amide bonds. The van der Waals surface area contributed by atoms with Crippen molar-refractivity contribution in [2.45, 2.75) is 24.3 Å². The zero-order valence-electron chi connectivity index (χ0n) is 10.1. The van der Waals surface area contributed by atoms with E-state index in [0.717, 1.165) is 0 Å². The fraction of sp³-hybridized carbons (Fsp3) is 0.417. The number of anilines is 1. The van der Waals surface area contributed by atoms with Gasteiger partial charge in [-0.15, -0.1) is 0 Å². The van der Waals surface area contributed by atoms with Crippen LogP contribution in [0.4, 0.5) is 5.69 Å². The van der Waals surface area contributed by atoms with E-state index in [2.05, 4.69) is 5.32 Å². The third-order valence-corrected chi connectivity index (χ3v) is 4.38. The van der Waals surface area contributed by atoms with Crippen molar-refractivity contribution in [3.05, 3.63) is 30.3 Å². The molecule has 0 aliphatic rings. The molecule has 1 aromatic carbocycles. The lowest BCUT2D eigenvalue weighted by Crippen LogP contribution is -2.36. The van der Waals surface area contributed by atoms with Crippen molar-refractivity contribution in [3.63, 3.8) is 0 Å². The van der Waals surface area contributed by atoms with Crippen molar-refractivity contribution in [2.75, 3.05) is 11.9 Å². The van der Waals surface area contributed by atoms with Gasteiger partial charge in [-0.05, 0) is 26.0 Å². The SMILES string of the molecule is CC(CN)S(=O)C(C)C(=O)Nc1ccccc1. The minimum atomic E-state index is -1.25. The molecule has 0 aliphatic heterocycles. The topological polar surface area (TPSA) is 72.2 Å². The van der Waals surface area contributed by atoms with Crippen molar-refractivity contribution < 1.29 is 9.00 Å². The Bertz CT molecular complexity index is 395. The van der Waals surface area contributed by atoms with Gasteiger partial charge in [0.1, 0.15) is 5.25 Å². The summed E-state index contributed by atoms with van der Waals surface area (Å²) in [6.07, 6.45) is 0. The van der Waals surface area contributed by atoms with Crippen molar-refractivity contribution >= 4 is 22.4 Å². The van der Waals surface area contributed by atoms with Crippen LogP contribution in [0.5, 0.6) is 0 Å². The van der Waals surface area contributed by atoms with Crippen LogP contribution >= 0.6 is 0 Å².